The van der Waals surface area contributed by atoms with Crippen LogP contribution in [0.3, 0.4) is 0 Å². The number of aromatic amines is 1. The maximum absolute atomic E-state index is 12.0. The Morgan fingerprint density at radius 2 is 1.94 bits per heavy atom. The second-order valence-corrected chi connectivity index (χ2v) is 5.46. The van der Waals surface area contributed by atoms with Gasteiger partial charge in [-0.3, -0.25) is 4.79 Å². The van der Waals surface area contributed by atoms with Gasteiger partial charge in [-0.15, -0.1) is 13.2 Å². The first-order valence-corrected chi connectivity index (χ1v) is 6.26. The maximum Gasteiger partial charge on any atom is 0.573 e. The lowest BCUT2D eigenvalue weighted by Crippen LogP contribution is -2.23. The van der Waals surface area contributed by atoms with Crippen LogP contribution in [0, 0.1) is 6.92 Å². The molecule has 1 N–H and O–H groups in total. The number of aromatic nitrogens is 1. The van der Waals surface area contributed by atoms with Crippen molar-refractivity contribution in [3.8, 4) is 5.75 Å². The minimum Gasteiger partial charge on any atom is -0.404 e. The molecule has 1 aromatic heterocycles. The van der Waals surface area contributed by atoms with Crippen LogP contribution >= 0.6 is 10.7 Å². The zero-order valence-corrected chi connectivity index (χ0v) is 9.70. The third-order valence-corrected chi connectivity index (χ3v) is 2.89. The molecule has 0 bridgehead atoms. The van der Waals surface area contributed by atoms with E-state index in [-0.39, 0.29) is 5.69 Å². The van der Waals surface area contributed by atoms with Crippen molar-refractivity contribution in [1.29, 1.82) is 0 Å². The van der Waals surface area contributed by atoms with Gasteiger partial charge in [-0.25, -0.2) is 8.42 Å². The highest BCUT2D eigenvalue weighted by atomic mass is 35.7. The SMILES string of the molecule is Cc1cc(OC(F)(F)F)c(S(=O)(=O)Cl)c(=O)[nH]1. The molecule has 0 aliphatic rings. The van der Waals surface area contributed by atoms with E-state index < -0.39 is 31.6 Å². The summed E-state index contributed by atoms with van der Waals surface area (Å²) >= 11 is 0. The predicted molar refractivity (Wildman–Crippen MR) is 51.5 cm³/mol. The van der Waals surface area contributed by atoms with Crippen LogP contribution in [0.1, 0.15) is 5.69 Å². The highest BCUT2D eigenvalue weighted by Gasteiger charge is 2.35. The fourth-order valence-electron chi connectivity index (χ4n) is 1.08. The van der Waals surface area contributed by atoms with Crippen LogP contribution in [0.4, 0.5) is 13.2 Å². The van der Waals surface area contributed by atoms with Crippen LogP contribution in [0.25, 0.3) is 0 Å². The van der Waals surface area contributed by atoms with E-state index in [9.17, 15) is 26.4 Å². The number of rotatable bonds is 2. The molecule has 17 heavy (non-hydrogen) atoms. The second kappa shape index (κ2) is 4.22. The summed E-state index contributed by atoms with van der Waals surface area (Å²) in [5, 5.41) is 0. The molecule has 0 aromatic carbocycles. The third-order valence-electron chi connectivity index (χ3n) is 1.56. The lowest BCUT2D eigenvalue weighted by molar-refractivity contribution is -0.275. The molecule has 0 atom stereocenters. The molecule has 5 nitrogen and oxygen atoms in total. The number of hydrogen-bond acceptors (Lipinski definition) is 4. The zero-order valence-electron chi connectivity index (χ0n) is 8.13. The van der Waals surface area contributed by atoms with Gasteiger partial charge in [0.05, 0.1) is 0 Å². The highest BCUT2D eigenvalue weighted by molar-refractivity contribution is 8.13. The third kappa shape index (κ3) is 3.63. The molecule has 10 heteroatoms. The van der Waals surface area contributed by atoms with E-state index in [2.05, 4.69) is 4.74 Å². The minimum atomic E-state index is -5.13. The van der Waals surface area contributed by atoms with Crippen LogP contribution in [-0.4, -0.2) is 19.8 Å². The Bertz CT molecular complexity index is 592. The Morgan fingerprint density at radius 1 is 1.41 bits per heavy atom. The van der Waals surface area contributed by atoms with Crippen molar-refractivity contribution >= 4 is 19.7 Å². The summed E-state index contributed by atoms with van der Waals surface area (Å²) in [4.78, 5) is 12.0. The van der Waals surface area contributed by atoms with Crippen LogP contribution in [0.15, 0.2) is 15.8 Å². The highest BCUT2D eigenvalue weighted by Crippen LogP contribution is 2.29. The Balaban J connectivity index is 3.53. The van der Waals surface area contributed by atoms with Crippen LogP contribution in [-0.2, 0) is 9.05 Å². The number of H-pyrrole nitrogens is 1. The fraction of sp³-hybridized carbons (Fsp3) is 0.286. The monoisotopic (exact) mass is 291 g/mol. The average molecular weight is 292 g/mol. The van der Waals surface area contributed by atoms with Gasteiger partial charge in [-0.05, 0) is 6.92 Å². The van der Waals surface area contributed by atoms with Gasteiger partial charge in [-0.2, -0.15) is 0 Å². The predicted octanol–water partition coefficient (Wildman–Crippen LogP) is 1.51. The molecule has 1 aromatic rings. The van der Waals surface area contributed by atoms with Crippen molar-refractivity contribution < 1.29 is 26.3 Å². The molecule has 0 saturated carbocycles. The lowest BCUT2D eigenvalue weighted by atomic mass is 10.3. The zero-order chi connectivity index (χ0) is 13.4. The lowest BCUT2D eigenvalue weighted by Gasteiger charge is -2.11. The van der Waals surface area contributed by atoms with E-state index in [0.717, 1.165) is 0 Å². The largest absolute Gasteiger partial charge is 0.573 e. The molecule has 1 heterocycles. The van der Waals surface area contributed by atoms with Gasteiger partial charge in [0.1, 0.15) is 0 Å². The standard InChI is InChI=1S/C7H5ClF3NO4S/c1-3-2-4(16-7(9,10)11)5(6(13)12-3)17(8,14)15/h2H,1H3,(H,12,13). The molecule has 0 aliphatic carbocycles. The summed E-state index contributed by atoms with van der Waals surface area (Å²) < 4.78 is 61.4. The number of halogens is 4. The fourth-order valence-corrected chi connectivity index (χ4v) is 2.13. The summed E-state index contributed by atoms with van der Waals surface area (Å²) in [6.07, 6.45) is -5.13. The van der Waals surface area contributed by atoms with Gasteiger partial charge in [-0.1, -0.05) is 0 Å². The molecule has 0 spiro atoms. The summed E-state index contributed by atoms with van der Waals surface area (Å²) in [5.41, 5.74) is -1.28. The molecule has 0 radical (unpaired) electrons. The molecule has 1 rings (SSSR count). The van der Waals surface area contributed by atoms with Crippen molar-refractivity contribution in [3.05, 3.63) is 22.1 Å². The summed E-state index contributed by atoms with van der Waals surface area (Å²) in [7, 11) is 0.205. The minimum absolute atomic E-state index is 0.00156. The van der Waals surface area contributed by atoms with E-state index in [4.69, 9.17) is 10.7 Å². The average Bonchev–Trinajstić information content (AvgIpc) is 1.94. The first kappa shape index (κ1) is 13.8. The number of nitrogens with one attached hydrogen (secondary N) is 1. The van der Waals surface area contributed by atoms with Crippen LogP contribution in [0.5, 0.6) is 5.75 Å². The van der Waals surface area contributed by atoms with Gasteiger partial charge < -0.3 is 9.72 Å². The molecular formula is C7H5ClF3NO4S. The van der Waals surface area contributed by atoms with E-state index in [1.165, 1.54) is 6.92 Å². The van der Waals surface area contributed by atoms with Gasteiger partial charge >= 0.3 is 6.36 Å². The molecule has 0 amide bonds. The first-order valence-electron chi connectivity index (χ1n) is 3.95. The Kier molecular flexibility index (Phi) is 3.44. The van der Waals surface area contributed by atoms with Gasteiger partial charge in [0.15, 0.2) is 10.6 Å². The molecule has 0 fully saturated rings. The van der Waals surface area contributed by atoms with Crippen LogP contribution in [0.2, 0.25) is 0 Å². The van der Waals surface area contributed by atoms with E-state index in [1.807, 2.05) is 4.98 Å². The van der Waals surface area contributed by atoms with Gasteiger partial charge in [0.2, 0.25) is 0 Å². The Labute approximate surface area is 97.6 Å². The van der Waals surface area contributed by atoms with E-state index >= 15 is 0 Å². The van der Waals surface area contributed by atoms with E-state index in [1.54, 1.807) is 0 Å². The summed E-state index contributed by atoms with van der Waals surface area (Å²) in [6, 6.07) is 0.712. The number of ether oxygens (including phenoxy) is 1. The number of aryl methyl sites for hydroxylation is 1. The van der Waals surface area contributed by atoms with Gasteiger partial charge in [0, 0.05) is 22.4 Å². The Morgan fingerprint density at radius 3 is 2.35 bits per heavy atom. The van der Waals surface area contributed by atoms with Crippen molar-refractivity contribution in [1.82, 2.24) is 4.98 Å². The number of alkyl halides is 3. The Hall–Kier alpha value is -1.22. The smallest absolute Gasteiger partial charge is 0.404 e. The first-order chi connectivity index (χ1) is 7.50. The second-order valence-electron chi connectivity index (χ2n) is 2.96. The summed E-state index contributed by atoms with van der Waals surface area (Å²) in [5.74, 6) is -1.16. The van der Waals surface area contributed by atoms with Crippen molar-refractivity contribution in [2.45, 2.75) is 18.2 Å². The molecular weight excluding hydrogens is 287 g/mol. The van der Waals surface area contributed by atoms with Crippen molar-refractivity contribution in [3.63, 3.8) is 0 Å². The maximum atomic E-state index is 12.0. The molecule has 0 aliphatic heterocycles. The quantitative estimate of drug-likeness (QED) is 0.838. The van der Waals surface area contributed by atoms with Crippen molar-refractivity contribution in [2.24, 2.45) is 0 Å². The number of pyridine rings is 1. The molecule has 0 saturated heterocycles. The van der Waals surface area contributed by atoms with Gasteiger partial charge in [0.25, 0.3) is 14.6 Å². The molecule has 96 valence electrons. The van der Waals surface area contributed by atoms with Crippen molar-refractivity contribution in [2.75, 3.05) is 0 Å². The number of hydrogen-bond donors (Lipinski definition) is 1. The molecule has 0 unspecified atom stereocenters. The normalized spacial score (nSPS) is 12.5. The topological polar surface area (TPSA) is 76.2 Å². The van der Waals surface area contributed by atoms with E-state index in [0.29, 0.717) is 6.07 Å². The van der Waals surface area contributed by atoms with Crippen LogP contribution < -0.4 is 10.3 Å². The summed E-state index contributed by atoms with van der Waals surface area (Å²) in [6.45, 7) is 1.26.